The fraction of sp³-hybridized carbons (Fsp3) is 0.314. The summed E-state index contributed by atoms with van der Waals surface area (Å²) in [5.41, 5.74) is 13.4. The standard InChI is InChI=1S/C35H38O2.2ClH.Zr/c1-34(2,3)32-20-28-24(18-30(32)22-9-13-26(36-7)14-10-22)17-25-19-31(23-11-15-27(37-8)16-12-23)33(21-29(25)28)35(4,5)6;;;/h9-16,18-21H,17H2,1-8H3;2*1H;/q;;;+2/p-2. The van der Waals surface area contributed by atoms with E-state index in [9.17, 15) is 0 Å². The molecule has 5 rings (SSSR count). The molecule has 0 unspecified atom stereocenters. The molecule has 5 heteroatoms. The van der Waals surface area contributed by atoms with Gasteiger partial charge in [0.05, 0.1) is 14.2 Å². The maximum atomic E-state index is 5.41. The number of benzene rings is 4. The minimum absolute atomic E-state index is 0.0168. The molecular formula is C35H38Cl2O2Zr. The van der Waals surface area contributed by atoms with Crippen LogP contribution in [0.4, 0.5) is 0 Å². The van der Waals surface area contributed by atoms with Crippen molar-refractivity contribution in [2.24, 2.45) is 0 Å². The molecule has 0 saturated carbocycles. The number of halogens is 2. The summed E-state index contributed by atoms with van der Waals surface area (Å²) >= 11 is -0.826. The first kappa shape index (κ1) is 30.9. The Morgan fingerprint density at radius 1 is 0.550 bits per heavy atom. The van der Waals surface area contributed by atoms with E-state index in [0.29, 0.717) is 0 Å². The molecule has 0 radical (unpaired) electrons. The van der Waals surface area contributed by atoms with Crippen LogP contribution in [0.2, 0.25) is 0 Å². The van der Waals surface area contributed by atoms with E-state index in [-0.39, 0.29) is 10.8 Å². The Hall–Kier alpha value is -2.06. The van der Waals surface area contributed by atoms with Gasteiger partial charge in [-0.1, -0.05) is 65.8 Å². The fourth-order valence-corrected chi connectivity index (χ4v) is 5.55. The molecule has 4 aromatic rings. The molecule has 1 aliphatic rings. The van der Waals surface area contributed by atoms with Crippen molar-refractivity contribution >= 4 is 17.0 Å². The first-order valence-electron chi connectivity index (χ1n) is 13.5. The Labute approximate surface area is 258 Å². The average Bonchev–Trinajstić information content (AvgIpc) is 3.28. The van der Waals surface area contributed by atoms with Gasteiger partial charge in [0.1, 0.15) is 11.5 Å². The Morgan fingerprint density at radius 3 is 1.15 bits per heavy atom. The third-order valence-electron chi connectivity index (χ3n) is 7.58. The Bertz CT molecular complexity index is 1370. The molecule has 208 valence electrons. The molecule has 0 saturated heterocycles. The van der Waals surface area contributed by atoms with Gasteiger partial charge in [0.25, 0.3) is 0 Å². The van der Waals surface area contributed by atoms with Gasteiger partial charge in [-0.25, -0.2) is 0 Å². The van der Waals surface area contributed by atoms with E-state index in [2.05, 4.69) is 114 Å². The minimum atomic E-state index is -0.826. The van der Waals surface area contributed by atoms with Gasteiger partial charge in [-0.05, 0) is 121 Å². The molecule has 2 nitrogen and oxygen atoms in total. The maximum absolute atomic E-state index is 5.41. The first-order valence-corrected chi connectivity index (χ1v) is 19.8. The number of methoxy groups -OCH3 is 2. The summed E-state index contributed by atoms with van der Waals surface area (Å²) in [4.78, 5) is 0. The zero-order valence-electron chi connectivity index (χ0n) is 24.7. The van der Waals surface area contributed by atoms with E-state index in [1.165, 1.54) is 55.6 Å². The zero-order valence-corrected chi connectivity index (χ0v) is 28.7. The molecule has 0 heterocycles. The van der Waals surface area contributed by atoms with Crippen LogP contribution in [0, 0.1) is 0 Å². The van der Waals surface area contributed by atoms with E-state index in [0.717, 1.165) is 17.9 Å². The van der Waals surface area contributed by atoms with Crippen molar-refractivity contribution in [1.29, 1.82) is 0 Å². The zero-order chi connectivity index (χ0) is 29.2. The van der Waals surface area contributed by atoms with Gasteiger partial charge in [-0.2, -0.15) is 0 Å². The normalized spacial score (nSPS) is 12.2. The van der Waals surface area contributed by atoms with Crippen LogP contribution in [0.5, 0.6) is 11.5 Å². The van der Waals surface area contributed by atoms with E-state index in [1.54, 1.807) is 14.2 Å². The topological polar surface area (TPSA) is 18.5 Å². The van der Waals surface area contributed by atoms with E-state index in [1.807, 2.05) is 0 Å². The van der Waals surface area contributed by atoms with E-state index < -0.39 is 20.8 Å². The van der Waals surface area contributed by atoms with Crippen LogP contribution in [-0.2, 0) is 38.1 Å². The van der Waals surface area contributed by atoms with Gasteiger partial charge in [-0.15, -0.1) is 0 Å². The predicted octanol–water partition coefficient (Wildman–Crippen LogP) is 10.6. The summed E-state index contributed by atoms with van der Waals surface area (Å²) in [6.07, 6.45) is 0.950. The van der Waals surface area contributed by atoms with Crippen molar-refractivity contribution in [3.05, 3.63) is 95.1 Å². The molecule has 0 fully saturated rings. The molecule has 0 aromatic heterocycles. The Morgan fingerprint density at radius 2 is 0.875 bits per heavy atom. The van der Waals surface area contributed by atoms with Gasteiger partial charge in [0.15, 0.2) is 0 Å². The van der Waals surface area contributed by atoms with Crippen molar-refractivity contribution in [3.63, 3.8) is 0 Å². The summed E-state index contributed by atoms with van der Waals surface area (Å²) in [5, 5.41) is 0. The van der Waals surface area contributed by atoms with Crippen molar-refractivity contribution in [2.75, 3.05) is 14.2 Å². The molecule has 0 atom stereocenters. The molecule has 0 N–H and O–H groups in total. The summed E-state index contributed by atoms with van der Waals surface area (Å²) < 4.78 is 10.8. The fourth-order valence-electron chi connectivity index (χ4n) is 5.55. The molecule has 0 spiro atoms. The van der Waals surface area contributed by atoms with Gasteiger partial charge in [0.2, 0.25) is 0 Å². The van der Waals surface area contributed by atoms with Gasteiger partial charge < -0.3 is 9.47 Å². The third kappa shape index (κ3) is 6.54. The Balaban J connectivity index is 0.00000118. The van der Waals surface area contributed by atoms with E-state index >= 15 is 0 Å². The summed E-state index contributed by atoms with van der Waals surface area (Å²) in [7, 11) is 13.3. The van der Waals surface area contributed by atoms with Crippen LogP contribution in [0.15, 0.2) is 72.8 Å². The number of rotatable bonds is 4. The number of hydrogen-bond donors (Lipinski definition) is 0. The van der Waals surface area contributed by atoms with Crippen LogP contribution in [-0.4, -0.2) is 14.2 Å². The predicted molar refractivity (Wildman–Crippen MR) is 168 cm³/mol. The van der Waals surface area contributed by atoms with Gasteiger partial charge in [0, 0.05) is 0 Å². The van der Waals surface area contributed by atoms with Crippen LogP contribution in [0.25, 0.3) is 33.4 Å². The molecular weight excluding hydrogens is 615 g/mol. The summed E-state index contributed by atoms with van der Waals surface area (Å²) in [6, 6.07) is 26.7. The Kier molecular flexibility index (Phi) is 9.61. The van der Waals surface area contributed by atoms with Crippen molar-refractivity contribution in [2.45, 2.75) is 58.8 Å². The molecule has 40 heavy (non-hydrogen) atoms. The summed E-state index contributed by atoms with van der Waals surface area (Å²) in [5.74, 6) is 1.77. The monoisotopic (exact) mass is 650 g/mol. The number of hydrogen-bond acceptors (Lipinski definition) is 2. The number of ether oxygens (including phenoxy) is 2. The van der Waals surface area contributed by atoms with Crippen LogP contribution >= 0.6 is 17.0 Å². The quantitative estimate of drug-likeness (QED) is 0.192. The van der Waals surface area contributed by atoms with Crippen molar-refractivity contribution in [3.8, 4) is 44.9 Å². The first-order chi connectivity index (χ1) is 18.9. The van der Waals surface area contributed by atoms with Gasteiger partial charge >= 0.3 is 37.9 Å². The molecule has 1 aliphatic carbocycles. The molecule has 4 aromatic carbocycles. The molecule has 0 amide bonds. The molecule has 0 aliphatic heterocycles. The van der Waals surface area contributed by atoms with Crippen LogP contribution in [0.1, 0.15) is 63.8 Å². The SMILES string of the molecule is COc1ccc(-c2cc3c(cc2C(C)(C)C)-c2cc(C(C)(C)C)c(-c4ccc(OC)cc4)cc2C3)cc1.[Cl][Zr][Cl]. The second-order valence-corrected chi connectivity index (χ2v) is 16.0. The average molecular weight is 653 g/mol. The second-order valence-electron chi connectivity index (χ2n) is 12.3. The summed E-state index contributed by atoms with van der Waals surface area (Å²) in [6.45, 7) is 13.9. The van der Waals surface area contributed by atoms with Crippen LogP contribution in [0.3, 0.4) is 0 Å². The molecule has 0 bridgehead atoms. The van der Waals surface area contributed by atoms with E-state index in [4.69, 9.17) is 26.5 Å². The van der Waals surface area contributed by atoms with Crippen molar-refractivity contribution in [1.82, 2.24) is 0 Å². The van der Waals surface area contributed by atoms with Crippen molar-refractivity contribution < 1.29 is 30.3 Å². The third-order valence-corrected chi connectivity index (χ3v) is 7.58. The number of fused-ring (bicyclic) bond motifs is 3. The van der Waals surface area contributed by atoms with Crippen LogP contribution < -0.4 is 9.47 Å². The second kappa shape index (κ2) is 12.4. The van der Waals surface area contributed by atoms with Gasteiger partial charge in [-0.3, -0.25) is 0 Å².